The van der Waals surface area contributed by atoms with Gasteiger partial charge in [0.15, 0.2) is 0 Å². The lowest BCUT2D eigenvalue weighted by Crippen LogP contribution is -2.45. The van der Waals surface area contributed by atoms with Crippen LogP contribution in [0.4, 0.5) is 10.5 Å². The van der Waals surface area contributed by atoms with Crippen molar-refractivity contribution in [3.63, 3.8) is 0 Å². The van der Waals surface area contributed by atoms with E-state index in [0.717, 1.165) is 10.2 Å². The summed E-state index contributed by atoms with van der Waals surface area (Å²) in [7, 11) is 0. The molecular formula is C10H11BrClN3O. The summed E-state index contributed by atoms with van der Waals surface area (Å²) in [5, 5.41) is 4.88. The molecule has 4 nitrogen and oxygen atoms in total. The zero-order valence-electron chi connectivity index (χ0n) is 8.84. The van der Waals surface area contributed by atoms with Crippen molar-refractivity contribution < 1.29 is 4.79 Å². The van der Waals surface area contributed by atoms with Gasteiger partial charge >= 0.3 is 6.03 Å². The van der Waals surface area contributed by atoms with E-state index in [2.05, 4.69) is 26.7 Å². The summed E-state index contributed by atoms with van der Waals surface area (Å²) in [6.07, 6.45) is 0. The van der Waals surface area contributed by atoms with Crippen LogP contribution in [-0.4, -0.2) is 11.7 Å². The van der Waals surface area contributed by atoms with Crippen molar-refractivity contribution >= 4 is 39.2 Å². The summed E-state index contributed by atoms with van der Waals surface area (Å²) in [4.78, 5) is 11.7. The molecule has 0 radical (unpaired) electrons. The molecule has 0 aliphatic carbocycles. The number of nitrogens with one attached hydrogen (secondary N) is 2. The quantitative estimate of drug-likeness (QED) is 0.838. The van der Waals surface area contributed by atoms with Crippen LogP contribution in [0.1, 0.15) is 13.8 Å². The molecule has 0 bridgehead atoms. The van der Waals surface area contributed by atoms with Gasteiger partial charge in [0.1, 0.15) is 5.66 Å². The highest BCUT2D eigenvalue weighted by Crippen LogP contribution is 2.28. The van der Waals surface area contributed by atoms with Gasteiger partial charge in [-0.05, 0) is 48.0 Å². The highest BCUT2D eigenvalue weighted by molar-refractivity contribution is 9.10. The van der Waals surface area contributed by atoms with Gasteiger partial charge in [0.25, 0.3) is 0 Å². The van der Waals surface area contributed by atoms with Crippen LogP contribution in [0.3, 0.4) is 0 Å². The second kappa shape index (κ2) is 3.91. The van der Waals surface area contributed by atoms with Crippen LogP contribution >= 0.6 is 27.5 Å². The van der Waals surface area contributed by atoms with E-state index >= 15 is 0 Å². The molecule has 1 aliphatic rings. The predicted octanol–water partition coefficient (Wildman–Crippen LogP) is 2.87. The van der Waals surface area contributed by atoms with Crippen LogP contribution in [0.2, 0.25) is 5.02 Å². The first-order valence-corrected chi connectivity index (χ1v) is 5.91. The van der Waals surface area contributed by atoms with Crippen molar-refractivity contribution in [2.24, 2.45) is 0 Å². The van der Waals surface area contributed by atoms with Crippen molar-refractivity contribution in [2.45, 2.75) is 19.5 Å². The van der Waals surface area contributed by atoms with Crippen molar-refractivity contribution in [1.82, 2.24) is 10.7 Å². The van der Waals surface area contributed by atoms with Gasteiger partial charge in [-0.3, -0.25) is 0 Å². The van der Waals surface area contributed by atoms with E-state index in [4.69, 9.17) is 11.6 Å². The van der Waals surface area contributed by atoms with Gasteiger partial charge in [-0.25, -0.2) is 15.2 Å². The third-order valence-corrected chi connectivity index (χ3v) is 3.39. The molecular weight excluding hydrogens is 293 g/mol. The number of amides is 2. The van der Waals surface area contributed by atoms with Crippen molar-refractivity contribution in [2.75, 3.05) is 5.01 Å². The number of carbonyl (C=O) groups excluding carboxylic acids is 1. The predicted molar refractivity (Wildman–Crippen MR) is 67.4 cm³/mol. The Balaban J connectivity index is 2.32. The van der Waals surface area contributed by atoms with E-state index in [1.165, 1.54) is 5.01 Å². The van der Waals surface area contributed by atoms with Crippen LogP contribution in [-0.2, 0) is 0 Å². The Labute approximate surface area is 107 Å². The molecule has 1 fully saturated rings. The average molecular weight is 305 g/mol. The fourth-order valence-electron chi connectivity index (χ4n) is 1.49. The van der Waals surface area contributed by atoms with Crippen molar-refractivity contribution in [3.05, 3.63) is 27.7 Å². The molecule has 1 heterocycles. The van der Waals surface area contributed by atoms with Gasteiger partial charge in [0.2, 0.25) is 0 Å². The van der Waals surface area contributed by atoms with Gasteiger partial charge in [0, 0.05) is 4.47 Å². The van der Waals surface area contributed by atoms with E-state index in [1.807, 2.05) is 13.8 Å². The van der Waals surface area contributed by atoms with E-state index in [9.17, 15) is 4.79 Å². The van der Waals surface area contributed by atoms with Crippen LogP contribution in [0, 0.1) is 0 Å². The molecule has 16 heavy (non-hydrogen) atoms. The zero-order chi connectivity index (χ0) is 11.9. The molecule has 0 unspecified atom stereocenters. The first kappa shape index (κ1) is 11.7. The second-order valence-electron chi connectivity index (χ2n) is 4.10. The maximum Gasteiger partial charge on any atom is 0.338 e. The Kier molecular flexibility index (Phi) is 2.86. The average Bonchev–Trinajstić information content (AvgIpc) is 2.45. The molecule has 86 valence electrons. The highest BCUT2D eigenvalue weighted by Gasteiger charge is 2.35. The number of hydrazine groups is 1. The molecule has 0 spiro atoms. The zero-order valence-corrected chi connectivity index (χ0v) is 11.2. The first-order chi connectivity index (χ1) is 7.39. The standard InChI is InChI=1S/C10H11BrClN3O/c1-10(2)13-9(16)15(14-10)6-3-4-8(12)7(11)5-6/h3-5,14H,1-2H3,(H,13,16). The summed E-state index contributed by atoms with van der Waals surface area (Å²) in [5.41, 5.74) is 3.35. The maximum atomic E-state index is 11.7. The Morgan fingerprint density at radius 3 is 2.62 bits per heavy atom. The van der Waals surface area contributed by atoms with Crippen LogP contribution in [0.5, 0.6) is 0 Å². The minimum absolute atomic E-state index is 0.181. The molecule has 6 heteroatoms. The molecule has 2 rings (SSSR count). The second-order valence-corrected chi connectivity index (χ2v) is 5.36. The number of nitrogens with zero attached hydrogens (tertiary/aromatic N) is 1. The largest absolute Gasteiger partial charge is 0.338 e. The smallest absolute Gasteiger partial charge is 0.317 e. The van der Waals surface area contributed by atoms with Gasteiger partial charge in [-0.1, -0.05) is 11.6 Å². The molecule has 0 aromatic heterocycles. The van der Waals surface area contributed by atoms with Crippen molar-refractivity contribution in [1.29, 1.82) is 0 Å². The normalized spacial score (nSPS) is 18.8. The summed E-state index contributed by atoms with van der Waals surface area (Å²) in [6.45, 7) is 3.77. The number of urea groups is 1. The third kappa shape index (κ3) is 2.16. The summed E-state index contributed by atoms with van der Waals surface area (Å²) in [5.74, 6) is 0. The van der Waals surface area contributed by atoms with Crippen LogP contribution in [0.25, 0.3) is 0 Å². The van der Waals surface area contributed by atoms with E-state index in [1.54, 1.807) is 18.2 Å². The Bertz CT molecular complexity index is 450. The molecule has 2 amide bonds. The molecule has 1 aliphatic heterocycles. The minimum atomic E-state index is -0.441. The maximum absolute atomic E-state index is 11.7. The number of benzene rings is 1. The number of hydrogen-bond acceptors (Lipinski definition) is 2. The minimum Gasteiger partial charge on any atom is -0.317 e. The summed E-state index contributed by atoms with van der Waals surface area (Å²) in [6, 6.07) is 5.12. The highest BCUT2D eigenvalue weighted by atomic mass is 79.9. The van der Waals surface area contributed by atoms with Gasteiger partial charge in [-0.2, -0.15) is 0 Å². The summed E-state index contributed by atoms with van der Waals surface area (Å²) < 4.78 is 0.756. The van der Waals surface area contributed by atoms with Gasteiger partial charge < -0.3 is 5.32 Å². The topological polar surface area (TPSA) is 44.4 Å². The molecule has 1 aromatic rings. The number of anilines is 1. The number of rotatable bonds is 1. The molecule has 1 aromatic carbocycles. The van der Waals surface area contributed by atoms with E-state index in [-0.39, 0.29) is 6.03 Å². The van der Waals surface area contributed by atoms with Gasteiger partial charge in [-0.15, -0.1) is 0 Å². The molecule has 2 N–H and O–H groups in total. The van der Waals surface area contributed by atoms with E-state index in [0.29, 0.717) is 5.02 Å². The SMILES string of the molecule is CC1(C)NC(=O)N(c2ccc(Cl)c(Br)c2)N1. The van der Waals surface area contributed by atoms with Gasteiger partial charge in [0.05, 0.1) is 10.7 Å². The Morgan fingerprint density at radius 1 is 1.44 bits per heavy atom. The Morgan fingerprint density at radius 2 is 2.12 bits per heavy atom. The lowest BCUT2D eigenvalue weighted by Gasteiger charge is -2.20. The third-order valence-electron chi connectivity index (χ3n) is 2.18. The van der Waals surface area contributed by atoms with Crippen LogP contribution in [0.15, 0.2) is 22.7 Å². The lowest BCUT2D eigenvalue weighted by molar-refractivity contribution is 0.248. The molecule has 0 saturated carbocycles. The number of halogens is 2. The monoisotopic (exact) mass is 303 g/mol. The van der Waals surface area contributed by atoms with Crippen LogP contribution < -0.4 is 15.8 Å². The van der Waals surface area contributed by atoms with E-state index < -0.39 is 5.66 Å². The summed E-state index contributed by atoms with van der Waals surface area (Å²) >= 11 is 9.22. The molecule has 0 atom stereocenters. The Hall–Kier alpha value is -0.780. The molecule has 1 saturated heterocycles. The fraction of sp³-hybridized carbons (Fsp3) is 0.300. The number of hydrogen-bond donors (Lipinski definition) is 2. The number of carbonyl (C=O) groups is 1. The fourth-order valence-corrected chi connectivity index (χ4v) is 1.97. The van der Waals surface area contributed by atoms with Crippen molar-refractivity contribution in [3.8, 4) is 0 Å². The first-order valence-electron chi connectivity index (χ1n) is 4.74. The lowest BCUT2D eigenvalue weighted by atomic mass is 10.3.